The van der Waals surface area contributed by atoms with Crippen molar-refractivity contribution in [2.45, 2.75) is 50.7 Å². The maximum atomic E-state index is 12.8. The first-order valence-electron chi connectivity index (χ1n) is 10.1. The first-order valence-corrected chi connectivity index (χ1v) is 10.1. The van der Waals surface area contributed by atoms with Crippen molar-refractivity contribution in [1.82, 2.24) is 29.6 Å². The third-order valence-corrected chi connectivity index (χ3v) is 6.58. The molecular formula is C19H32N6O. The molecule has 144 valence electrons. The maximum Gasteiger partial charge on any atom is 0.317 e. The van der Waals surface area contributed by atoms with Crippen LogP contribution in [0.5, 0.6) is 0 Å². The van der Waals surface area contributed by atoms with Crippen LogP contribution in [0.4, 0.5) is 4.79 Å². The molecule has 1 aromatic heterocycles. The molecule has 1 saturated heterocycles. The lowest BCUT2D eigenvalue weighted by atomic mass is 9.79. The van der Waals surface area contributed by atoms with Crippen LogP contribution in [0.3, 0.4) is 0 Å². The van der Waals surface area contributed by atoms with Gasteiger partial charge in [-0.1, -0.05) is 19.3 Å². The van der Waals surface area contributed by atoms with Gasteiger partial charge >= 0.3 is 6.03 Å². The van der Waals surface area contributed by atoms with Gasteiger partial charge in [-0.3, -0.25) is 4.90 Å². The van der Waals surface area contributed by atoms with Crippen LogP contribution >= 0.6 is 0 Å². The van der Waals surface area contributed by atoms with Gasteiger partial charge < -0.3 is 19.7 Å². The van der Waals surface area contributed by atoms with E-state index in [0.717, 1.165) is 51.5 Å². The molecule has 3 aliphatic rings. The van der Waals surface area contributed by atoms with Crippen molar-refractivity contribution in [1.29, 1.82) is 0 Å². The molecule has 2 aliphatic heterocycles. The van der Waals surface area contributed by atoms with Crippen LogP contribution in [-0.2, 0) is 13.1 Å². The third kappa shape index (κ3) is 3.60. The van der Waals surface area contributed by atoms with E-state index in [4.69, 9.17) is 0 Å². The highest BCUT2D eigenvalue weighted by molar-refractivity contribution is 5.74. The number of piperazine rings is 1. The van der Waals surface area contributed by atoms with E-state index in [-0.39, 0.29) is 11.6 Å². The molecule has 0 aromatic carbocycles. The summed E-state index contributed by atoms with van der Waals surface area (Å²) in [6, 6.07) is 0.0801. The number of urea groups is 1. The molecule has 0 atom stereocenters. The molecule has 2 fully saturated rings. The number of carbonyl (C=O) groups is 1. The van der Waals surface area contributed by atoms with Gasteiger partial charge in [0.05, 0.1) is 18.6 Å². The number of amides is 2. The maximum absolute atomic E-state index is 12.8. The normalized spacial score (nSPS) is 24.3. The minimum atomic E-state index is 0.0801. The Kier molecular flexibility index (Phi) is 5.18. The zero-order valence-corrected chi connectivity index (χ0v) is 16.0. The van der Waals surface area contributed by atoms with Crippen molar-refractivity contribution in [3.8, 4) is 0 Å². The summed E-state index contributed by atoms with van der Waals surface area (Å²) in [4.78, 5) is 24.0. The van der Waals surface area contributed by atoms with Gasteiger partial charge in [-0.25, -0.2) is 9.78 Å². The predicted molar refractivity (Wildman–Crippen MR) is 101 cm³/mol. The summed E-state index contributed by atoms with van der Waals surface area (Å²) in [5.41, 5.74) is 1.28. The van der Waals surface area contributed by atoms with E-state index >= 15 is 0 Å². The number of imidazole rings is 1. The van der Waals surface area contributed by atoms with Crippen LogP contribution in [0.1, 0.15) is 37.8 Å². The van der Waals surface area contributed by atoms with Crippen LogP contribution in [0.2, 0.25) is 0 Å². The van der Waals surface area contributed by atoms with Gasteiger partial charge in [0.2, 0.25) is 0 Å². The Labute approximate surface area is 156 Å². The number of nitrogens with one attached hydrogen (secondary N) is 1. The second-order valence-electron chi connectivity index (χ2n) is 8.23. The lowest BCUT2D eigenvalue weighted by Gasteiger charge is -2.49. The summed E-state index contributed by atoms with van der Waals surface area (Å²) in [7, 11) is 2.20. The quantitative estimate of drug-likeness (QED) is 0.884. The minimum Gasteiger partial charge on any atom is -0.336 e. The first-order chi connectivity index (χ1) is 12.7. The van der Waals surface area contributed by atoms with Gasteiger partial charge in [-0.05, 0) is 19.9 Å². The van der Waals surface area contributed by atoms with E-state index in [9.17, 15) is 4.79 Å². The lowest BCUT2D eigenvalue weighted by molar-refractivity contribution is 0.0145. The summed E-state index contributed by atoms with van der Waals surface area (Å²) < 4.78 is 2.14. The Morgan fingerprint density at radius 1 is 1.12 bits per heavy atom. The summed E-state index contributed by atoms with van der Waals surface area (Å²) in [6.07, 6.45) is 10.0. The Morgan fingerprint density at radius 2 is 1.88 bits per heavy atom. The van der Waals surface area contributed by atoms with Gasteiger partial charge in [0.1, 0.15) is 0 Å². The number of hydrogen-bond acceptors (Lipinski definition) is 4. The number of nitrogens with zero attached hydrogens (tertiary/aromatic N) is 5. The van der Waals surface area contributed by atoms with E-state index in [1.54, 1.807) is 0 Å². The molecule has 0 unspecified atom stereocenters. The van der Waals surface area contributed by atoms with Crippen LogP contribution < -0.4 is 5.32 Å². The Hall–Kier alpha value is -1.60. The van der Waals surface area contributed by atoms with Gasteiger partial charge in [-0.15, -0.1) is 0 Å². The lowest BCUT2D eigenvalue weighted by Crippen LogP contribution is -2.62. The number of aromatic nitrogens is 2. The van der Waals surface area contributed by atoms with Crippen molar-refractivity contribution < 1.29 is 4.79 Å². The Morgan fingerprint density at radius 3 is 2.65 bits per heavy atom. The van der Waals surface area contributed by atoms with E-state index < -0.39 is 0 Å². The van der Waals surface area contributed by atoms with Gasteiger partial charge in [0.25, 0.3) is 0 Å². The van der Waals surface area contributed by atoms with Crippen molar-refractivity contribution in [3.63, 3.8) is 0 Å². The molecule has 26 heavy (non-hydrogen) atoms. The van der Waals surface area contributed by atoms with Crippen molar-refractivity contribution in [3.05, 3.63) is 18.2 Å². The van der Waals surface area contributed by atoms with Crippen LogP contribution in [0.25, 0.3) is 0 Å². The largest absolute Gasteiger partial charge is 0.336 e. The smallest absolute Gasteiger partial charge is 0.317 e. The van der Waals surface area contributed by atoms with Crippen molar-refractivity contribution >= 4 is 6.03 Å². The fourth-order valence-electron chi connectivity index (χ4n) is 4.80. The average molecular weight is 361 g/mol. The van der Waals surface area contributed by atoms with Gasteiger partial charge in [-0.2, -0.15) is 0 Å². The fraction of sp³-hybridized carbons (Fsp3) is 0.789. The molecule has 0 spiro atoms. The summed E-state index contributed by atoms with van der Waals surface area (Å²) in [5.74, 6) is 0. The summed E-state index contributed by atoms with van der Waals surface area (Å²) >= 11 is 0. The Balaban J connectivity index is 1.38. The molecule has 1 aliphatic carbocycles. The Bertz CT molecular complexity index is 615. The van der Waals surface area contributed by atoms with E-state index in [2.05, 4.69) is 31.7 Å². The van der Waals surface area contributed by atoms with E-state index in [1.807, 2.05) is 17.4 Å². The second-order valence-corrected chi connectivity index (χ2v) is 8.23. The highest BCUT2D eigenvalue weighted by Crippen LogP contribution is 2.34. The summed E-state index contributed by atoms with van der Waals surface area (Å²) in [5, 5.41) is 3.30. The standard InChI is InChI=1S/C19H32N6O/c1-22-7-11-25(12-8-22)19(5-3-2-4-6-19)15-21-18(26)23-9-10-24-16-20-13-17(24)14-23/h13,16H,2-12,14-15H2,1H3,(H,21,26). The molecule has 0 radical (unpaired) electrons. The number of carbonyl (C=O) groups excluding carboxylic acids is 1. The van der Waals surface area contributed by atoms with Crippen LogP contribution in [-0.4, -0.2) is 82.1 Å². The molecule has 4 rings (SSSR count). The van der Waals surface area contributed by atoms with Gasteiger partial charge in [0.15, 0.2) is 0 Å². The molecule has 3 heterocycles. The van der Waals surface area contributed by atoms with E-state index in [1.165, 1.54) is 32.1 Å². The highest BCUT2D eigenvalue weighted by atomic mass is 16.2. The average Bonchev–Trinajstić information content (AvgIpc) is 3.15. The molecular weight excluding hydrogens is 328 g/mol. The van der Waals surface area contributed by atoms with Gasteiger partial charge in [0, 0.05) is 57.5 Å². The SMILES string of the molecule is CN1CCN(C2(CNC(=O)N3CCn4cncc4C3)CCCCC2)CC1. The molecule has 7 heteroatoms. The third-order valence-electron chi connectivity index (χ3n) is 6.58. The molecule has 0 bridgehead atoms. The molecule has 2 amide bonds. The zero-order chi connectivity index (χ0) is 18.0. The number of likely N-dealkylation sites (N-methyl/N-ethyl adjacent to an activating group) is 1. The summed E-state index contributed by atoms with van der Waals surface area (Å²) in [6.45, 7) is 7.55. The van der Waals surface area contributed by atoms with Crippen LogP contribution in [0.15, 0.2) is 12.5 Å². The highest BCUT2D eigenvalue weighted by Gasteiger charge is 2.39. The fourth-order valence-corrected chi connectivity index (χ4v) is 4.80. The molecule has 1 aromatic rings. The van der Waals surface area contributed by atoms with Crippen molar-refractivity contribution in [2.75, 3.05) is 46.3 Å². The first kappa shape index (κ1) is 17.8. The number of rotatable bonds is 3. The monoisotopic (exact) mass is 360 g/mol. The minimum absolute atomic E-state index is 0.0801. The van der Waals surface area contributed by atoms with Crippen LogP contribution in [0, 0.1) is 0 Å². The number of fused-ring (bicyclic) bond motifs is 1. The molecule has 1 N–H and O–H groups in total. The molecule has 1 saturated carbocycles. The topological polar surface area (TPSA) is 56.6 Å². The van der Waals surface area contributed by atoms with E-state index in [0.29, 0.717) is 6.54 Å². The second kappa shape index (κ2) is 7.56. The zero-order valence-electron chi connectivity index (χ0n) is 16.0. The predicted octanol–water partition coefficient (Wildman–Crippen LogP) is 1.36. The number of hydrogen-bond donors (Lipinski definition) is 1. The molecule has 7 nitrogen and oxygen atoms in total. The van der Waals surface area contributed by atoms with Crippen molar-refractivity contribution in [2.24, 2.45) is 0 Å².